The Morgan fingerprint density at radius 2 is 2.16 bits per heavy atom. The highest BCUT2D eigenvalue weighted by atomic mass is 32.1. The molecule has 2 aromatic heterocycles. The summed E-state index contributed by atoms with van der Waals surface area (Å²) in [7, 11) is 0. The van der Waals surface area contributed by atoms with Crippen molar-refractivity contribution in [2.24, 2.45) is 0 Å². The number of hydrogen-bond acceptors (Lipinski definition) is 6. The van der Waals surface area contributed by atoms with Gasteiger partial charge in [-0.1, -0.05) is 12.1 Å². The largest absolute Gasteiger partial charge is 0.463 e. The minimum absolute atomic E-state index is 0.119. The molecule has 0 fully saturated rings. The number of nitrogens with zero attached hydrogens (tertiary/aromatic N) is 2. The number of rotatable bonds is 5. The van der Waals surface area contributed by atoms with Crippen LogP contribution in [0.15, 0.2) is 64.6 Å². The van der Waals surface area contributed by atoms with Gasteiger partial charge < -0.3 is 14.6 Å². The van der Waals surface area contributed by atoms with Gasteiger partial charge in [0.1, 0.15) is 0 Å². The summed E-state index contributed by atoms with van der Waals surface area (Å²) < 4.78 is 7.50. The minimum Gasteiger partial charge on any atom is -0.463 e. The van der Waals surface area contributed by atoms with E-state index in [0.717, 1.165) is 51.3 Å². The molecule has 3 heterocycles. The molecule has 1 atom stereocenters. The zero-order valence-corrected chi connectivity index (χ0v) is 19.0. The van der Waals surface area contributed by atoms with Gasteiger partial charge in [-0.3, -0.25) is 4.79 Å². The molecule has 0 saturated heterocycles. The van der Waals surface area contributed by atoms with Gasteiger partial charge in [0.2, 0.25) is 0 Å². The Morgan fingerprint density at radius 1 is 1.31 bits per heavy atom. The van der Waals surface area contributed by atoms with Crippen LogP contribution in [0.25, 0.3) is 11.0 Å². The van der Waals surface area contributed by atoms with Crippen LogP contribution in [-0.2, 0) is 20.9 Å². The number of dihydropyridines is 1. The lowest BCUT2D eigenvalue weighted by molar-refractivity contribution is -0.138. The number of carbonyl (C=O) groups excluding carboxylic acids is 2. The number of hydrogen-bond donors (Lipinski definition) is 1. The fourth-order valence-corrected chi connectivity index (χ4v) is 5.73. The van der Waals surface area contributed by atoms with Crippen LogP contribution >= 0.6 is 11.3 Å². The molecule has 7 heteroatoms. The number of carbonyl (C=O) groups is 2. The first kappa shape index (κ1) is 20.7. The second kappa shape index (κ2) is 8.39. The van der Waals surface area contributed by atoms with Crippen molar-refractivity contribution >= 4 is 34.1 Å². The zero-order chi connectivity index (χ0) is 22.2. The number of aromatic nitrogens is 2. The third-order valence-electron chi connectivity index (χ3n) is 6.11. The van der Waals surface area contributed by atoms with Crippen molar-refractivity contribution < 1.29 is 14.3 Å². The molecule has 0 spiro atoms. The summed E-state index contributed by atoms with van der Waals surface area (Å²) in [5.41, 5.74) is 6.17. The summed E-state index contributed by atoms with van der Waals surface area (Å²) in [5.74, 6) is -0.618. The van der Waals surface area contributed by atoms with Gasteiger partial charge in [0.05, 0.1) is 35.5 Å². The Balaban J connectivity index is 1.54. The van der Waals surface area contributed by atoms with Crippen LogP contribution in [0.4, 0.5) is 0 Å². The van der Waals surface area contributed by atoms with Crippen LogP contribution in [0.5, 0.6) is 0 Å². The SMILES string of the molecule is CCOC(=O)C1=C(C)NC2=C(C(=O)CCC2)[C@@H]1c1cc(Cn2cnc3ccccc32)cs1. The van der Waals surface area contributed by atoms with Crippen molar-refractivity contribution in [2.45, 2.75) is 45.6 Å². The molecule has 0 bridgehead atoms. The van der Waals surface area contributed by atoms with Crippen molar-refractivity contribution in [2.75, 3.05) is 6.61 Å². The van der Waals surface area contributed by atoms with Gasteiger partial charge in [-0.15, -0.1) is 11.3 Å². The van der Waals surface area contributed by atoms with Gasteiger partial charge in [0.25, 0.3) is 0 Å². The van der Waals surface area contributed by atoms with E-state index in [1.165, 1.54) is 0 Å². The maximum atomic E-state index is 13.0. The van der Waals surface area contributed by atoms with Gasteiger partial charge in [-0.2, -0.15) is 0 Å². The van der Waals surface area contributed by atoms with E-state index < -0.39 is 0 Å². The summed E-state index contributed by atoms with van der Waals surface area (Å²) in [6, 6.07) is 10.2. The quantitative estimate of drug-likeness (QED) is 0.575. The van der Waals surface area contributed by atoms with Gasteiger partial charge in [0.15, 0.2) is 5.78 Å². The molecule has 3 aromatic rings. The topological polar surface area (TPSA) is 73.2 Å². The second-order valence-electron chi connectivity index (χ2n) is 8.20. The van der Waals surface area contributed by atoms with Gasteiger partial charge in [0, 0.05) is 34.8 Å². The number of para-hydroxylation sites is 2. The first-order valence-corrected chi connectivity index (χ1v) is 11.8. The third kappa shape index (κ3) is 3.56. The third-order valence-corrected chi connectivity index (χ3v) is 7.16. The van der Waals surface area contributed by atoms with Crippen molar-refractivity contribution in [3.8, 4) is 0 Å². The number of ether oxygens (including phenoxy) is 1. The smallest absolute Gasteiger partial charge is 0.336 e. The van der Waals surface area contributed by atoms with Crippen LogP contribution in [0.2, 0.25) is 0 Å². The zero-order valence-electron chi connectivity index (χ0n) is 18.2. The van der Waals surface area contributed by atoms with E-state index in [2.05, 4.69) is 32.4 Å². The fraction of sp³-hybridized carbons (Fsp3) is 0.320. The molecule has 0 radical (unpaired) electrons. The summed E-state index contributed by atoms with van der Waals surface area (Å²) in [6.07, 6.45) is 4.03. The molecule has 5 rings (SSSR count). The van der Waals surface area contributed by atoms with Crippen molar-refractivity contribution in [3.63, 3.8) is 0 Å². The number of allylic oxidation sites excluding steroid dienone is 3. The van der Waals surface area contributed by atoms with Crippen molar-refractivity contribution in [1.29, 1.82) is 0 Å². The van der Waals surface area contributed by atoms with Crippen molar-refractivity contribution in [1.82, 2.24) is 14.9 Å². The molecule has 164 valence electrons. The van der Waals surface area contributed by atoms with Crippen LogP contribution in [0.3, 0.4) is 0 Å². The first-order valence-electron chi connectivity index (χ1n) is 10.9. The van der Waals surface area contributed by atoms with Crippen LogP contribution < -0.4 is 5.32 Å². The molecule has 1 aliphatic heterocycles. The number of thiophene rings is 1. The standard InChI is InChI=1S/C25H25N3O3S/c1-3-31-25(30)22-15(2)27-18-8-6-10-20(29)23(18)24(22)21-11-16(13-32-21)12-28-14-26-17-7-4-5-9-19(17)28/h4-5,7,9,11,13-14,24,27H,3,6,8,10,12H2,1-2H3/t24-/m1/s1. The van der Waals surface area contributed by atoms with E-state index in [9.17, 15) is 9.59 Å². The molecule has 1 aromatic carbocycles. The number of esters is 1. The number of imidazole rings is 1. The maximum absolute atomic E-state index is 13.0. The summed E-state index contributed by atoms with van der Waals surface area (Å²) in [4.78, 5) is 31.4. The Morgan fingerprint density at radius 3 is 3.00 bits per heavy atom. The lowest BCUT2D eigenvalue weighted by Gasteiger charge is -2.33. The Bertz CT molecular complexity index is 1280. The Hall–Kier alpha value is -3.19. The lowest BCUT2D eigenvalue weighted by atomic mass is 9.78. The van der Waals surface area contributed by atoms with Gasteiger partial charge >= 0.3 is 5.97 Å². The first-order chi connectivity index (χ1) is 15.6. The van der Waals surface area contributed by atoms with E-state index in [1.807, 2.05) is 31.5 Å². The molecule has 1 aliphatic carbocycles. The normalized spacial score (nSPS) is 18.7. The minimum atomic E-state index is -0.378. The summed E-state index contributed by atoms with van der Waals surface area (Å²) in [6.45, 7) is 4.67. The van der Waals surface area contributed by atoms with Crippen LogP contribution in [0, 0.1) is 0 Å². The molecule has 2 aliphatic rings. The summed E-state index contributed by atoms with van der Waals surface area (Å²) in [5, 5.41) is 5.44. The highest BCUT2D eigenvalue weighted by molar-refractivity contribution is 7.10. The predicted molar refractivity (Wildman–Crippen MR) is 124 cm³/mol. The van der Waals surface area contributed by atoms with E-state index in [4.69, 9.17) is 4.74 Å². The number of Topliss-reactive ketones (excluding diaryl/α,β-unsaturated/α-hetero) is 1. The highest BCUT2D eigenvalue weighted by Gasteiger charge is 2.39. The fourth-order valence-electron chi connectivity index (χ4n) is 4.71. The molecule has 0 amide bonds. The van der Waals surface area contributed by atoms with E-state index in [1.54, 1.807) is 18.3 Å². The monoisotopic (exact) mass is 447 g/mol. The van der Waals surface area contributed by atoms with Crippen molar-refractivity contribution in [3.05, 3.63) is 75.0 Å². The molecular formula is C25H25N3O3S. The second-order valence-corrected chi connectivity index (χ2v) is 9.15. The van der Waals surface area contributed by atoms with Gasteiger partial charge in [-0.25, -0.2) is 9.78 Å². The maximum Gasteiger partial charge on any atom is 0.336 e. The van der Waals surface area contributed by atoms with E-state index in [0.29, 0.717) is 25.1 Å². The van der Waals surface area contributed by atoms with Gasteiger partial charge in [-0.05, 0) is 55.8 Å². The van der Waals surface area contributed by atoms with Crippen LogP contribution in [0.1, 0.15) is 49.5 Å². The molecule has 0 saturated carbocycles. The number of nitrogens with one attached hydrogen (secondary N) is 1. The molecule has 0 unspecified atom stereocenters. The Labute approximate surface area is 190 Å². The molecular weight excluding hydrogens is 422 g/mol. The van der Waals surface area contributed by atoms with E-state index in [-0.39, 0.29) is 17.7 Å². The molecule has 6 nitrogen and oxygen atoms in total. The summed E-state index contributed by atoms with van der Waals surface area (Å²) >= 11 is 1.59. The number of benzene rings is 1. The number of ketones is 1. The predicted octanol–water partition coefficient (Wildman–Crippen LogP) is 4.68. The average Bonchev–Trinajstić information content (AvgIpc) is 3.41. The Kier molecular flexibility index (Phi) is 5.43. The highest BCUT2D eigenvalue weighted by Crippen LogP contribution is 2.44. The number of fused-ring (bicyclic) bond motifs is 1. The van der Waals surface area contributed by atoms with Crippen LogP contribution in [-0.4, -0.2) is 27.9 Å². The average molecular weight is 448 g/mol. The molecule has 32 heavy (non-hydrogen) atoms. The lowest BCUT2D eigenvalue weighted by Crippen LogP contribution is -2.34. The van der Waals surface area contributed by atoms with E-state index >= 15 is 0 Å². The molecule has 1 N–H and O–H groups in total.